The summed E-state index contributed by atoms with van der Waals surface area (Å²) in [6, 6.07) is 21.6. The van der Waals surface area contributed by atoms with Crippen LogP contribution < -0.4 is 9.47 Å². The van der Waals surface area contributed by atoms with Gasteiger partial charge in [0, 0.05) is 3.57 Å². The zero-order valence-electron chi connectivity index (χ0n) is 17.6. The molecule has 1 amide bonds. The molecule has 0 spiro atoms. The quantitative estimate of drug-likeness (QED) is 0.156. The lowest BCUT2D eigenvalue weighted by Crippen LogP contribution is -2.27. The Morgan fingerprint density at radius 2 is 1.76 bits per heavy atom. The Labute approximate surface area is 224 Å². The van der Waals surface area contributed by atoms with Gasteiger partial charge in [-0.05, 0) is 97.7 Å². The molecule has 1 fully saturated rings. The van der Waals surface area contributed by atoms with Gasteiger partial charge >= 0.3 is 0 Å². The lowest BCUT2D eigenvalue weighted by atomic mass is 10.2. The summed E-state index contributed by atoms with van der Waals surface area (Å²) in [7, 11) is 1.63. The first-order valence-corrected chi connectivity index (χ1v) is 13.1. The highest BCUT2D eigenvalue weighted by molar-refractivity contribution is 14.1. The fourth-order valence-corrected chi connectivity index (χ4v) is 5.29. The first-order valence-electron chi connectivity index (χ1n) is 9.98. The Kier molecular flexibility index (Phi) is 8.11. The van der Waals surface area contributed by atoms with Crippen LogP contribution >= 0.6 is 62.5 Å². The third-order valence-electron chi connectivity index (χ3n) is 4.93. The molecule has 0 bridgehead atoms. The van der Waals surface area contributed by atoms with Crippen LogP contribution in [0, 0.1) is 3.57 Å². The molecule has 0 aliphatic carbocycles. The summed E-state index contributed by atoms with van der Waals surface area (Å²) in [5.41, 5.74) is 2.99. The molecule has 33 heavy (non-hydrogen) atoms. The minimum Gasteiger partial charge on any atom is -0.497 e. The zero-order valence-corrected chi connectivity index (χ0v) is 23.0. The maximum atomic E-state index is 13.0. The molecule has 168 valence electrons. The van der Waals surface area contributed by atoms with E-state index in [1.165, 1.54) is 15.3 Å². The van der Waals surface area contributed by atoms with Gasteiger partial charge in [-0.25, -0.2) is 0 Å². The van der Waals surface area contributed by atoms with Crippen molar-refractivity contribution in [3.05, 3.63) is 96.4 Å². The van der Waals surface area contributed by atoms with Crippen molar-refractivity contribution >= 4 is 78.8 Å². The van der Waals surface area contributed by atoms with E-state index in [0.717, 1.165) is 32.7 Å². The maximum absolute atomic E-state index is 13.0. The first-order chi connectivity index (χ1) is 15.9. The fourth-order valence-electron chi connectivity index (χ4n) is 3.17. The maximum Gasteiger partial charge on any atom is 0.266 e. The molecule has 0 saturated carbocycles. The number of thiocarbonyl (C=S) groups is 1. The second kappa shape index (κ2) is 11.0. The Balaban J connectivity index is 1.43. The largest absolute Gasteiger partial charge is 0.497 e. The van der Waals surface area contributed by atoms with Gasteiger partial charge in [0.1, 0.15) is 22.4 Å². The molecule has 4 rings (SSSR count). The SMILES string of the molecule is COc1ccc(CN2C(=O)/C(=C\c3ccc(OCc4ccc(I)cc4)c(Br)c3)SC2=S)cc1. The highest BCUT2D eigenvalue weighted by atomic mass is 127. The van der Waals surface area contributed by atoms with Crippen molar-refractivity contribution in [3.63, 3.8) is 0 Å². The summed E-state index contributed by atoms with van der Waals surface area (Å²) in [5, 5.41) is 0. The monoisotopic (exact) mass is 651 g/mol. The number of hydrogen-bond acceptors (Lipinski definition) is 5. The third kappa shape index (κ3) is 6.17. The Morgan fingerprint density at radius 1 is 1.06 bits per heavy atom. The lowest BCUT2D eigenvalue weighted by molar-refractivity contribution is -0.122. The van der Waals surface area contributed by atoms with Crippen LogP contribution in [0.5, 0.6) is 11.5 Å². The molecule has 1 heterocycles. The van der Waals surface area contributed by atoms with Crippen molar-refractivity contribution in [2.24, 2.45) is 0 Å². The first kappa shape index (κ1) is 24.3. The van der Waals surface area contributed by atoms with Gasteiger partial charge in [0.05, 0.1) is 23.0 Å². The normalized spacial score (nSPS) is 14.8. The Hall–Kier alpha value is -1.88. The molecule has 1 saturated heterocycles. The number of hydrogen-bond donors (Lipinski definition) is 0. The summed E-state index contributed by atoms with van der Waals surface area (Å²) < 4.78 is 13.7. The van der Waals surface area contributed by atoms with E-state index < -0.39 is 0 Å². The molecule has 0 unspecified atom stereocenters. The van der Waals surface area contributed by atoms with Crippen molar-refractivity contribution in [2.45, 2.75) is 13.2 Å². The number of methoxy groups -OCH3 is 1. The smallest absolute Gasteiger partial charge is 0.266 e. The fraction of sp³-hybridized carbons (Fsp3) is 0.120. The number of carbonyl (C=O) groups excluding carboxylic acids is 1. The number of benzene rings is 3. The minimum atomic E-state index is -0.0871. The van der Waals surface area contributed by atoms with E-state index in [9.17, 15) is 4.79 Å². The molecule has 8 heteroatoms. The third-order valence-corrected chi connectivity index (χ3v) is 7.65. The summed E-state index contributed by atoms with van der Waals surface area (Å²) >= 11 is 12.7. The molecule has 3 aromatic rings. The van der Waals surface area contributed by atoms with E-state index in [1.807, 2.05) is 48.5 Å². The number of rotatable bonds is 7. The molecule has 1 aliphatic rings. The van der Waals surface area contributed by atoms with Gasteiger partial charge in [0.2, 0.25) is 0 Å². The molecule has 0 radical (unpaired) electrons. The Bertz CT molecular complexity index is 1210. The van der Waals surface area contributed by atoms with E-state index in [1.54, 1.807) is 12.0 Å². The zero-order chi connectivity index (χ0) is 23.4. The summed E-state index contributed by atoms with van der Waals surface area (Å²) in [6.07, 6.45) is 1.86. The topological polar surface area (TPSA) is 38.8 Å². The molecule has 0 aromatic heterocycles. The van der Waals surface area contributed by atoms with Crippen LogP contribution in [0.2, 0.25) is 0 Å². The number of amides is 1. The van der Waals surface area contributed by atoms with Gasteiger partial charge in [-0.15, -0.1) is 0 Å². The average molecular weight is 652 g/mol. The van der Waals surface area contributed by atoms with Crippen molar-refractivity contribution in [2.75, 3.05) is 7.11 Å². The highest BCUT2D eigenvalue weighted by Crippen LogP contribution is 2.35. The summed E-state index contributed by atoms with van der Waals surface area (Å²) in [6.45, 7) is 0.917. The molecular formula is C25H19BrINO3S2. The number of thioether (sulfide) groups is 1. The number of nitrogens with zero attached hydrogens (tertiary/aromatic N) is 1. The molecule has 3 aromatic carbocycles. The predicted octanol–water partition coefficient (Wildman–Crippen LogP) is 7.04. The van der Waals surface area contributed by atoms with Crippen molar-refractivity contribution in [3.8, 4) is 11.5 Å². The van der Waals surface area contributed by atoms with Crippen LogP contribution in [0.4, 0.5) is 0 Å². The van der Waals surface area contributed by atoms with Crippen molar-refractivity contribution < 1.29 is 14.3 Å². The Morgan fingerprint density at radius 3 is 2.42 bits per heavy atom. The second-order valence-corrected chi connectivity index (χ2v) is 11.0. The summed E-state index contributed by atoms with van der Waals surface area (Å²) in [5.74, 6) is 1.44. The van der Waals surface area contributed by atoms with E-state index in [4.69, 9.17) is 21.7 Å². The molecule has 0 N–H and O–H groups in total. The van der Waals surface area contributed by atoms with E-state index in [-0.39, 0.29) is 5.91 Å². The van der Waals surface area contributed by atoms with E-state index >= 15 is 0 Å². The summed E-state index contributed by atoms with van der Waals surface area (Å²) in [4.78, 5) is 15.2. The van der Waals surface area contributed by atoms with Gasteiger partial charge in [-0.3, -0.25) is 9.69 Å². The van der Waals surface area contributed by atoms with Gasteiger partial charge in [-0.1, -0.05) is 54.3 Å². The van der Waals surface area contributed by atoms with Gasteiger partial charge in [-0.2, -0.15) is 0 Å². The van der Waals surface area contributed by atoms with Gasteiger partial charge in [0.25, 0.3) is 5.91 Å². The molecule has 0 atom stereocenters. The molecule has 4 nitrogen and oxygen atoms in total. The molecule has 1 aliphatic heterocycles. The predicted molar refractivity (Wildman–Crippen MR) is 149 cm³/mol. The van der Waals surface area contributed by atoms with Crippen molar-refractivity contribution in [1.29, 1.82) is 0 Å². The van der Waals surface area contributed by atoms with Gasteiger partial charge < -0.3 is 9.47 Å². The van der Waals surface area contributed by atoms with Crippen LogP contribution in [0.15, 0.2) is 76.1 Å². The minimum absolute atomic E-state index is 0.0871. The van der Waals surface area contributed by atoms with E-state index in [0.29, 0.717) is 22.4 Å². The van der Waals surface area contributed by atoms with E-state index in [2.05, 4.69) is 62.8 Å². The number of carbonyl (C=O) groups is 1. The average Bonchev–Trinajstić information content (AvgIpc) is 3.07. The van der Waals surface area contributed by atoms with Crippen LogP contribution in [-0.2, 0) is 17.9 Å². The lowest BCUT2D eigenvalue weighted by Gasteiger charge is -2.14. The number of ether oxygens (including phenoxy) is 2. The van der Waals surface area contributed by atoms with Crippen LogP contribution in [-0.4, -0.2) is 22.2 Å². The number of halogens is 2. The standard InChI is InChI=1S/C25H19BrINO3S2/c1-30-20-9-4-16(5-10-20)14-28-24(29)23(33-25(28)32)13-18-6-11-22(21(26)12-18)31-15-17-2-7-19(27)8-3-17/h2-13H,14-15H2,1H3/b23-13+. The molecular weight excluding hydrogens is 633 g/mol. The van der Waals surface area contributed by atoms with Crippen LogP contribution in [0.25, 0.3) is 6.08 Å². The van der Waals surface area contributed by atoms with Crippen molar-refractivity contribution in [1.82, 2.24) is 4.90 Å². The van der Waals surface area contributed by atoms with Crippen LogP contribution in [0.1, 0.15) is 16.7 Å². The highest BCUT2D eigenvalue weighted by Gasteiger charge is 2.32. The second-order valence-electron chi connectivity index (χ2n) is 7.22. The van der Waals surface area contributed by atoms with Gasteiger partial charge in [0.15, 0.2) is 0 Å². The van der Waals surface area contributed by atoms with Crippen LogP contribution in [0.3, 0.4) is 0 Å².